The lowest BCUT2D eigenvalue weighted by molar-refractivity contribution is 0.430. The summed E-state index contributed by atoms with van der Waals surface area (Å²) < 4.78 is 6.95. The second-order valence-electron chi connectivity index (χ2n) is 2.49. The molecule has 0 amide bonds. The Kier molecular flexibility index (Phi) is 3.08. The van der Waals surface area contributed by atoms with Crippen molar-refractivity contribution in [2.75, 3.05) is 0 Å². The van der Waals surface area contributed by atoms with E-state index in [1.165, 1.54) is 0 Å². The van der Waals surface area contributed by atoms with Crippen molar-refractivity contribution >= 4 is 50.1 Å². The summed E-state index contributed by atoms with van der Waals surface area (Å²) in [6.07, 6.45) is 0. The van der Waals surface area contributed by atoms with Crippen LogP contribution in [-0.4, -0.2) is 10.1 Å². The SMILES string of the molecule is Clc1noc(-c2cc(I)ccc2Br)n1. The quantitative estimate of drug-likeness (QED) is 0.702. The average Bonchev–Trinajstić information content (AvgIpc) is 2.56. The van der Waals surface area contributed by atoms with Crippen LogP contribution in [0.3, 0.4) is 0 Å². The maximum Gasteiger partial charge on any atom is 0.264 e. The van der Waals surface area contributed by atoms with Gasteiger partial charge in [-0.05, 0) is 73.5 Å². The van der Waals surface area contributed by atoms with E-state index in [-0.39, 0.29) is 5.28 Å². The minimum Gasteiger partial charge on any atom is -0.333 e. The molecule has 0 aliphatic heterocycles. The first-order valence-corrected chi connectivity index (χ1v) is 5.86. The van der Waals surface area contributed by atoms with Gasteiger partial charge in [0.15, 0.2) is 0 Å². The van der Waals surface area contributed by atoms with Crippen LogP contribution in [0.1, 0.15) is 0 Å². The van der Waals surface area contributed by atoms with E-state index in [9.17, 15) is 0 Å². The molecule has 2 aromatic rings. The zero-order valence-electron chi connectivity index (χ0n) is 6.67. The van der Waals surface area contributed by atoms with E-state index in [0.717, 1.165) is 13.6 Å². The predicted octanol–water partition coefficient (Wildman–Crippen LogP) is 3.76. The molecule has 0 aliphatic rings. The molecule has 1 aromatic carbocycles. The second kappa shape index (κ2) is 4.16. The van der Waals surface area contributed by atoms with Crippen molar-refractivity contribution < 1.29 is 4.52 Å². The Morgan fingerprint density at radius 3 is 2.86 bits per heavy atom. The highest BCUT2D eigenvalue weighted by atomic mass is 127. The van der Waals surface area contributed by atoms with Gasteiger partial charge in [0.05, 0.1) is 5.56 Å². The molecule has 0 bridgehead atoms. The number of hydrogen-bond acceptors (Lipinski definition) is 3. The van der Waals surface area contributed by atoms with Crippen LogP contribution in [0.5, 0.6) is 0 Å². The summed E-state index contributed by atoms with van der Waals surface area (Å²) in [5.74, 6) is 0.417. The number of halogens is 3. The Balaban J connectivity index is 2.55. The molecule has 14 heavy (non-hydrogen) atoms. The smallest absolute Gasteiger partial charge is 0.264 e. The van der Waals surface area contributed by atoms with Crippen molar-refractivity contribution in [1.29, 1.82) is 0 Å². The van der Waals surface area contributed by atoms with Crippen LogP contribution in [0.25, 0.3) is 11.5 Å². The molecule has 1 aromatic heterocycles. The fraction of sp³-hybridized carbons (Fsp3) is 0. The molecule has 0 radical (unpaired) electrons. The zero-order chi connectivity index (χ0) is 10.1. The Morgan fingerprint density at radius 2 is 2.21 bits per heavy atom. The molecule has 72 valence electrons. The van der Waals surface area contributed by atoms with E-state index in [0.29, 0.717) is 5.89 Å². The summed E-state index contributed by atoms with van der Waals surface area (Å²) in [4.78, 5) is 3.94. The molecule has 0 spiro atoms. The van der Waals surface area contributed by atoms with Crippen LogP contribution >= 0.6 is 50.1 Å². The highest BCUT2D eigenvalue weighted by Gasteiger charge is 2.10. The summed E-state index contributed by atoms with van der Waals surface area (Å²) >= 11 is 11.2. The Bertz CT molecular complexity index is 474. The number of benzene rings is 1. The van der Waals surface area contributed by atoms with E-state index in [1.54, 1.807) is 0 Å². The van der Waals surface area contributed by atoms with Gasteiger partial charge in [-0.15, -0.1) is 0 Å². The van der Waals surface area contributed by atoms with Gasteiger partial charge in [-0.2, -0.15) is 4.98 Å². The van der Waals surface area contributed by atoms with Crippen LogP contribution < -0.4 is 0 Å². The molecular weight excluding hydrogens is 382 g/mol. The normalized spacial score (nSPS) is 10.5. The summed E-state index contributed by atoms with van der Waals surface area (Å²) in [5, 5.41) is 3.64. The van der Waals surface area contributed by atoms with Crippen LogP contribution in [-0.2, 0) is 0 Å². The highest BCUT2D eigenvalue weighted by molar-refractivity contribution is 14.1. The number of nitrogens with zero attached hydrogens (tertiary/aromatic N) is 2. The minimum atomic E-state index is 0.116. The summed E-state index contributed by atoms with van der Waals surface area (Å²) in [6, 6.07) is 5.84. The monoisotopic (exact) mass is 384 g/mol. The molecule has 1 heterocycles. The third-order valence-corrected chi connectivity index (χ3v) is 3.08. The molecule has 3 nitrogen and oxygen atoms in total. The summed E-state index contributed by atoms with van der Waals surface area (Å²) in [5.41, 5.74) is 0.844. The first kappa shape index (κ1) is 10.4. The van der Waals surface area contributed by atoms with Gasteiger partial charge in [-0.3, -0.25) is 0 Å². The van der Waals surface area contributed by atoms with Crippen LogP contribution in [0.2, 0.25) is 5.28 Å². The number of hydrogen-bond donors (Lipinski definition) is 0. The van der Waals surface area contributed by atoms with Crippen LogP contribution in [0, 0.1) is 3.57 Å². The van der Waals surface area contributed by atoms with Gasteiger partial charge < -0.3 is 4.52 Å². The lowest BCUT2D eigenvalue weighted by Gasteiger charge is -1.98. The minimum absolute atomic E-state index is 0.116. The molecule has 6 heteroatoms. The topological polar surface area (TPSA) is 38.9 Å². The molecule has 0 aliphatic carbocycles. The largest absolute Gasteiger partial charge is 0.333 e. The van der Waals surface area contributed by atoms with Gasteiger partial charge in [0.25, 0.3) is 11.2 Å². The first-order valence-electron chi connectivity index (χ1n) is 3.61. The van der Waals surface area contributed by atoms with Crippen molar-refractivity contribution in [3.63, 3.8) is 0 Å². The molecule has 2 rings (SSSR count). The van der Waals surface area contributed by atoms with Gasteiger partial charge in [-0.25, -0.2) is 0 Å². The number of rotatable bonds is 1. The van der Waals surface area contributed by atoms with Gasteiger partial charge >= 0.3 is 0 Å². The van der Waals surface area contributed by atoms with Crippen molar-refractivity contribution in [3.8, 4) is 11.5 Å². The van der Waals surface area contributed by atoms with Gasteiger partial charge in [0.1, 0.15) is 0 Å². The van der Waals surface area contributed by atoms with E-state index in [4.69, 9.17) is 16.1 Å². The molecule has 0 saturated heterocycles. The maximum atomic E-state index is 5.57. The molecular formula is C8H3BrClIN2O. The molecule has 0 fully saturated rings. The lowest BCUT2D eigenvalue weighted by atomic mass is 10.2. The van der Waals surface area contributed by atoms with Crippen molar-refractivity contribution in [2.24, 2.45) is 0 Å². The second-order valence-corrected chi connectivity index (χ2v) is 4.93. The predicted molar refractivity (Wildman–Crippen MR) is 65.2 cm³/mol. The molecule has 0 unspecified atom stereocenters. The average molecular weight is 385 g/mol. The fourth-order valence-corrected chi connectivity index (χ4v) is 1.99. The lowest BCUT2D eigenvalue weighted by Crippen LogP contribution is -1.81. The van der Waals surface area contributed by atoms with E-state index < -0.39 is 0 Å². The van der Waals surface area contributed by atoms with Gasteiger partial charge in [-0.1, -0.05) is 0 Å². The molecule has 0 atom stereocenters. The third-order valence-electron chi connectivity index (χ3n) is 1.56. The standard InChI is InChI=1S/C8H3BrClIN2O/c9-6-2-1-4(11)3-5(6)7-12-8(10)13-14-7/h1-3H. The fourth-order valence-electron chi connectivity index (χ4n) is 0.976. The van der Waals surface area contributed by atoms with Crippen molar-refractivity contribution in [3.05, 3.63) is 31.5 Å². The first-order chi connectivity index (χ1) is 6.66. The van der Waals surface area contributed by atoms with Crippen LogP contribution in [0.4, 0.5) is 0 Å². The van der Waals surface area contributed by atoms with Crippen LogP contribution in [0.15, 0.2) is 27.2 Å². The third kappa shape index (κ3) is 2.09. The van der Waals surface area contributed by atoms with Gasteiger partial charge in [0, 0.05) is 8.04 Å². The maximum absolute atomic E-state index is 5.57. The molecule has 0 N–H and O–H groups in total. The van der Waals surface area contributed by atoms with Gasteiger partial charge in [0.2, 0.25) is 0 Å². The Labute approximate surface area is 107 Å². The van der Waals surface area contributed by atoms with E-state index in [2.05, 4.69) is 48.7 Å². The Morgan fingerprint density at radius 1 is 1.43 bits per heavy atom. The van der Waals surface area contributed by atoms with E-state index >= 15 is 0 Å². The summed E-state index contributed by atoms with van der Waals surface area (Å²) in [7, 11) is 0. The van der Waals surface area contributed by atoms with Crippen molar-refractivity contribution in [2.45, 2.75) is 0 Å². The van der Waals surface area contributed by atoms with Crippen molar-refractivity contribution in [1.82, 2.24) is 10.1 Å². The molecule has 0 saturated carbocycles. The summed E-state index contributed by atoms with van der Waals surface area (Å²) in [6.45, 7) is 0. The van der Waals surface area contributed by atoms with E-state index in [1.807, 2.05) is 18.2 Å². The number of aromatic nitrogens is 2. The Hall–Kier alpha value is -0.140. The highest BCUT2D eigenvalue weighted by Crippen LogP contribution is 2.28. The zero-order valence-corrected chi connectivity index (χ0v) is 11.2.